The van der Waals surface area contributed by atoms with Gasteiger partial charge >= 0.3 is 0 Å². The number of nitrogens with zero attached hydrogens (tertiary/aromatic N) is 1. The van der Waals surface area contributed by atoms with Crippen molar-refractivity contribution in [3.8, 4) is 0 Å². The Morgan fingerprint density at radius 2 is 1.94 bits per heavy atom. The predicted octanol–water partition coefficient (Wildman–Crippen LogP) is 3.13. The van der Waals surface area contributed by atoms with Crippen molar-refractivity contribution in [1.82, 2.24) is 4.98 Å². The maximum Gasteiger partial charge on any atom is 0.149 e. The Labute approximate surface area is 101 Å². The van der Waals surface area contributed by atoms with Gasteiger partial charge in [-0.1, -0.05) is 24.4 Å². The molecule has 2 N–H and O–H groups in total. The highest BCUT2D eigenvalue weighted by molar-refractivity contribution is 6.30. The molecule has 2 heterocycles. The zero-order chi connectivity index (χ0) is 11.0. The molecule has 0 saturated heterocycles. The highest BCUT2D eigenvalue weighted by Crippen LogP contribution is 2.40. The highest BCUT2D eigenvalue weighted by Gasteiger charge is 2.35. The summed E-state index contributed by atoms with van der Waals surface area (Å²) in [5.74, 6) is 0.938. The molecule has 1 spiro atoms. The fraction of sp³-hybridized carbons (Fsp3) is 0.583. The topological polar surface area (TPSA) is 37.0 Å². The molecule has 2 aliphatic rings. The van der Waals surface area contributed by atoms with E-state index in [9.17, 15) is 0 Å². The fourth-order valence-electron chi connectivity index (χ4n) is 2.81. The van der Waals surface area contributed by atoms with Crippen LogP contribution >= 0.6 is 11.6 Å². The van der Waals surface area contributed by atoms with Crippen molar-refractivity contribution < 1.29 is 0 Å². The first-order chi connectivity index (χ1) is 7.77. The number of aromatic nitrogens is 1. The molecule has 0 atom stereocenters. The molecule has 0 unspecified atom stereocenters. The maximum absolute atomic E-state index is 5.95. The number of pyridine rings is 1. The minimum Gasteiger partial charge on any atom is -0.381 e. The van der Waals surface area contributed by atoms with E-state index in [0.29, 0.717) is 10.4 Å². The van der Waals surface area contributed by atoms with E-state index in [1.165, 1.54) is 25.7 Å². The maximum atomic E-state index is 5.95. The van der Waals surface area contributed by atoms with E-state index in [1.807, 2.05) is 6.07 Å². The minimum absolute atomic E-state index is 0.424. The number of halogens is 1. The van der Waals surface area contributed by atoms with Gasteiger partial charge in [-0.2, -0.15) is 0 Å². The molecular weight excluding hydrogens is 222 g/mol. The van der Waals surface area contributed by atoms with Crippen molar-refractivity contribution >= 4 is 23.1 Å². The van der Waals surface area contributed by atoms with Crippen molar-refractivity contribution in [1.29, 1.82) is 0 Å². The summed E-state index contributed by atoms with van der Waals surface area (Å²) < 4.78 is 0. The van der Waals surface area contributed by atoms with Crippen molar-refractivity contribution in [2.45, 2.75) is 25.7 Å². The van der Waals surface area contributed by atoms with Gasteiger partial charge in [0.1, 0.15) is 5.82 Å². The SMILES string of the molecule is Clc1cnc2c(c1)NCC1(CCCC1)CN2. The summed E-state index contributed by atoms with van der Waals surface area (Å²) in [5.41, 5.74) is 1.46. The molecule has 1 aromatic heterocycles. The molecule has 86 valence electrons. The van der Waals surface area contributed by atoms with Gasteiger partial charge in [-0.25, -0.2) is 4.98 Å². The first-order valence-corrected chi connectivity index (χ1v) is 6.29. The second-order valence-corrected chi connectivity index (χ2v) is 5.40. The Balaban J connectivity index is 1.86. The summed E-state index contributed by atoms with van der Waals surface area (Å²) in [4.78, 5) is 4.33. The number of nitrogens with one attached hydrogen (secondary N) is 2. The largest absolute Gasteiger partial charge is 0.381 e. The molecular formula is C12H16ClN3. The second-order valence-electron chi connectivity index (χ2n) is 4.96. The number of hydrogen-bond donors (Lipinski definition) is 2. The van der Waals surface area contributed by atoms with Crippen LogP contribution in [0.1, 0.15) is 25.7 Å². The minimum atomic E-state index is 0.424. The summed E-state index contributed by atoms with van der Waals surface area (Å²) in [7, 11) is 0. The Morgan fingerprint density at radius 3 is 2.75 bits per heavy atom. The zero-order valence-electron chi connectivity index (χ0n) is 9.22. The van der Waals surface area contributed by atoms with Gasteiger partial charge in [-0.05, 0) is 18.9 Å². The third-order valence-electron chi connectivity index (χ3n) is 3.80. The molecule has 16 heavy (non-hydrogen) atoms. The van der Waals surface area contributed by atoms with Crippen molar-refractivity contribution in [3.05, 3.63) is 17.3 Å². The number of fused-ring (bicyclic) bond motifs is 1. The van der Waals surface area contributed by atoms with Gasteiger partial charge in [0.15, 0.2) is 0 Å². The fourth-order valence-corrected chi connectivity index (χ4v) is 2.97. The lowest BCUT2D eigenvalue weighted by molar-refractivity contribution is 0.346. The van der Waals surface area contributed by atoms with Crippen LogP contribution in [0.25, 0.3) is 0 Å². The molecule has 1 saturated carbocycles. The Kier molecular flexibility index (Phi) is 2.43. The predicted molar refractivity (Wildman–Crippen MR) is 67.1 cm³/mol. The van der Waals surface area contributed by atoms with Gasteiger partial charge in [-0.15, -0.1) is 0 Å². The summed E-state index contributed by atoms with van der Waals surface area (Å²) >= 11 is 5.95. The molecule has 3 nitrogen and oxygen atoms in total. The van der Waals surface area contributed by atoms with E-state index in [4.69, 9.17) is 11.6 Å². The van der Waals surface area contributed by atoms with Gasteiger partial charge in [0, 0.05) is 24.7 Å². The van der Waals surface area contributed by atoms with Crippen LogP contribution in [-0.4, -0.2) is 18.1 Å². The van der Waals surface area contributed by atoms with E-state index < -0.39 is 0 Å². The molecule has 1 aliphatic heterocycles. The molecule has 1 fully saturated rings. The lowest BCUT2D eigenvalue weighted by Gasteiger charge is -2.26. The number of rotatable bonds is 0. The quantitative estimate of drug-likeness (QED) is 0.728. The Bertz CT molecular complexity index is 399. The first-order valence-electron chi connectivity index (χ1n) is 5.91. The first kappa shape index (κ1) is 10.2. The summed E-state index contributed by atoms with van der Waals surface area (Å²) in [5, 5.41) is 7.63. The third-order valence-corrected chi connectivity index (χ3v) is 4.01. The standard InChI is InChI=1S/C12H16ClN3/c13-9-5-10-11(14-6-9)16-8-12(7-15-10)3-1-2-4-12/h5-6,15H,1-4,7-8H2,(H,14,16). The second kappa shape index (κ2) is 3.81. The van der Waals surface area contributed by atoms with E-state index in [-0.39, 0.29) is 0 Å². The number of hydrogen-bond acceptors (Lipinski definition) is 3. The van der Waals surface area contributed by atoms with Gasteiger partial charge in [0.05, 0.1) is 10.7 Å². The molecule has 0 aromatic carbocycles. The number of anilines is 2. The van der Waals surface area contributed by atoms with Gasteiger partial charge in [0.2, 0.25) is 0 Å². The summed E-state index contributed by atoms with van der Waals surface area (Å²) in [6.45, 7) is 2.07. The zero-order valence-corrected chi connectivity index (χ0v) is 9.98. The van der Waals surface area contributed by atoms with Crippen molar-refractivity contribution in [2.75, 3.05) is 23.7 Å². The molecule has 3 rings (SSSR count). The van der Waals surface area contributed by atoms with Crippen LogP contribution in [0.3, 0.4) is 0 Å². The van der Waals surface area contributed by atoms with Crippen LogP contribution < -0.4 is 10.6 Å². The van der Waals surface area contributed by atoms with E-state index in [1.54, 1.807) is 6.20 Å². The molecule has 1 aliphatic carbocycles. The van der Waals surface area contributed by atoms with Crippen LogP contribution in [0.2, 0.25) is 5.02 Å². The van der Waals surface area contributed by atoms with Crippen LogP contribution in [0.15, 0.2) is 12.3 Å². The van der Waals surface area contributed by atoms with Crippen molar-refractivity contribution in [3.63, 3.8) is 0 Å². The highest BCUT2D eigenvalue weighted by atomic mass is 35.5. The molecule has 0 bridgehead atoms. The van der Waals surface area contributed by atoms with Gasteiger partial charge < -0.3 is 10.6 Å². The molecule has 4 heteroatoms. The van der Waals surface area contributed by atoms with E-state index in [2.05, 4.69) is 15.6 Å². The van der Waals surface area contributed by atoms with Crippen LogP contribution in [0.5, 0.6) is 0 Å². The molecule has 0 amide bonds. The average molecular weight is 238 g/mol. The monoisotopic (exact) mass is 237 g/mol. The van der Waals surface area contributed by atoms with Gasteiger partial charge in [0.25, 0.3) is 0 Å². The van der Waals surface area contributed by atoms with E-state index in [0.717, 1.165) is 24.6 Å². The van der Waals surface area contributed by atoms with Crippen molar-refractivity contribution in [2.24, 2.45) is 5.41 Å². The van der Waals surface area contributed by atoms with Crippen LogP contribution in [0, 0.1) is 5.41 Å². The normalized spacial score (nSPS) is 22.1. The lowest BCUT2D eigenvalue weighted by atomic mass is 9.86. The summed E-state index contributed by atoms with van der Waals surface area (Å²) in [6, 6.07) is 1.95. The van der Waals surface area contributed by atoms with E-state index >= 15 is 0 Å². The third kappa shape index (κ3) is 1.73. The smallest absolute Gasteiger partial charge is 0.149 e. The van der Waals surface area contributed by atoms with Crippen LogP contribution in [-0.2, 0) is 0 Å². The average Bonchev–Trinajstić information content (AvgIpc) is 2.66. The molecule has 1 aromatic rings. The Hall–Kier alpha value is -0.960. The van der Waals surface area contributed by atoms with Gasteiger partial charge in [-0.3, -0.25) is 0 Å². The summed E-state index contributed by atoms with van der Waals surface area (Å²) in [6.07, 6.45) is 7.03. The lowest BCUT2D eigenvalue weighted by Crippen LogP contribution is -2.31. The Morgan fingerprint density at radius 1 is 1.19 bits per heavy atom. The molecule has 0 radical (unpaired) electrons. The van der Waals surface area contributed by atoms with Crippen LogP contribution in [0.4, 0.5) is 11.5 Å².